The van der Waals surface area contributed by atoms with E-state index in [1.54, 1.807) is 6.20 Å². The quantitative estimate of drug-likeness (QED) is 0.824. The Morgan fingerprint density at radius 3 is 2.84 bits per heavy atom. The molecule has 1 aromatic heterocycles. The number of pyridine rings is 1. The van der Waals surface area contributed by atoms with Gasteiger partial charge in [0.15, 0.2) is 0 Å². The Kier molecular flexibility index (Phi) is 5.92. The molecule has 1 aromatic rings. The van der Waals surface area contributed by atoms with Gasteiger partial charge in [-0.3, -0.25) is 0 Å². The highest BCUT2D eigenvalue weighted by Gasteiger charge is 2.21. The van der Waals surface area contributed by atoms with Crippen molar-refractivity contribution >= 4 is 33.3 Å². The minimum atomic E-state index is 0.675. The van der Waals surface area contributed by atoms with Crippen LogP contribution in [-0.4, -0.2) is 31.2 Å². The van der Waals surface area contributed by atoms with E-state index < -0.39 is 0 Å². The van der Waals surface area contributed by atoms with Crippen LogP contribution in [0.4, 0.5) is 5.82 Å². The third kappa shape index (κ3) is 4.33. The number of halogens is 2. The first kappa shape index (κ1) is 15.1. The number of aromatic nitrogens is 1. The Morgan fingerprint density at radius 1 is 1.47 bits per heavy atom. The molecule has 1 fully saturated rings. The fraction of sp³-hybridized carbons (Fsp3) is 0.643. The monoisotopic (exact) mass is 345 g/mol. The summed E-state index contributed by atoms with van der Waals surface area (Å²) in [6.07, 6.45) is 5.39. The minimum absolute atomic E-state index is 0.675. The Balaban J connectivity index is 1.85. The van der Waals surface area contributed by atoms with Gasteiger partial charge in [0.05, 0.1) is 9.50 Å². The molecule has 0 amide bonds. The molecule has 0 bridgehead atoms. The molecule has 1 N–H and O–H groups in total. The first-order valence-electron chi connectivity index (χ1n) is 6.97. The van der Waals surface area contributed by atoms with Gasteiger partial charge in [-0.05, 0) is 60.3 Å². The van der Waals surface area contributed by atoms with Crippen molar-refractivity contribution in [3.8, 4) is 0 Å². The highest BCUT2D eigenvalue weighted by atomic mass is 79.9. The van der Waals surface area contributed by atoms with E-state index in [2.05, 4.69) is 38.1 Å². The second-order valence-electron chi connectivity index (χ2n) is 5.09. The Bertz CT molecular complexity index is 406. The van der Waals surface area contributed by atoms with Crippen LogP contribution in [0.5, 0.6) is 0 Å². The first-order valence-corrected chi connectivity index (χ1v) is 8.14. The molecule has 0 atom stereocenters. The van der Waals surface area contributed by atoms with E-state index in [4.69, 9.17) is 11.6 Å². The van der Waals surface area contributed by atoms with Gasteiger partial charge in [-0.15, -0.1) is 0 Å². The van der Waals surface area contributed by atoms with Gasteiger partial charge in [0.2, 0.25) is 0 Å². The van der Waals surface area contributed by atoms with E-state index in [9.17, 15) is 0 Å². The standard InChI is InChI=1S/C14H21BrClN3/c1-2-5-17-9-11-3-6-19(7-4-11)14-13(15)8-12(16)10-18-14/h8,10-11,17H,2-7,9H2,1H3. The van der Waals surface area contributed by atoms with E-state index in [1.807, 2.05) is 6.07 Å². The van der Waals surface area contributed by atoms with Gasteiger partial charge in [0, 0.05) is 19.3 Å². The largest absolute Gasteiger partial charge is 0.356 e. The molecule has 0 aliphatic carbocycles. The molecule has 2 rings (SSSR count). The van der Waals surface area contributed by atoms with Crippen molar-refractivity contribution < 1.29 is 0 Å². The van der Waals surface area contributed by atoms with E-state index >= 15 is 0 Å². The van der Waals surface area contributed by atoms with Crippen LogP contribution in [0.2, 0.25) is 5.02 Å². The van der Waals surface area contributed by atoms with Crippen molar-refractivity contribution in [2.24, 2.45) is 5.92 Å². The number of rotatable bonds is 5. The van der Waals surface area contributed by atoms with Crippen LogP contribution in [0.3, 0.4) is 0 Å². The second-order valence-corrected chi connectivity index (χ2v) is 6.38. The molecule has 1 aliphatic heterocycles. The average molecular weight is 347 g/mol. The zero-order chi connectivity index (χ0) is 13.7. The summed E-state index contributed by atoms with van der Waals surface area (Å²) in [5.41, 5.74) is 0. The van der Waals surface area contributed by atoms with Gasteiger partial charge in [-0.1, -0.05) is 18.5 Å². The van der Waals surface area contributed by atoms with Gasteiger partial charge in [0.25, 0.3) is 0 Å². The second kappa shape index (κ2) is 7.46. The summed E-state index contributed by atoms with van der Waals surface area (Å²) in [6, 6.07) is 1.92. The highest BCUT2D eigenvalue weighted by Crippen LogP contribution is 2.29. The zero-order valence-electron chi connectivity index (χ0n) is 11.3. The van der Waals surface area contributed by atoms with Crippen molar-refractivity contribution in [1.29, 1.82) is 0 Å². The molecule has 19 heavy (non-hydrogen) atoms. The van der Waals surface area contributed by atoms with Gasteiger partial charge in [-0.25, -0.2) is 4.98 Å². The molecule has 0 spiro atoms. The molecule has 0 radical (unpaired) electrons. The third-order valence-corrected chi connectivity index (χ3v) is 4.35. The van der Waals surface area contributed by atoms with E-state index in [-0.39, 0.29) is 0 Å². The summed E-state index contributed by atoms with van der Waals surface area (Å²) in [5, 5.41) is 4.19. The van der Waals surface area contributed by atoms with Gasteiger partial charge < -0.3 is 10.2 Å². The lowest BCUT2D eigenvalue weighted by Gasteiger charge is -2.33. The number of hydrogen-bond donors (Lipinski definition) is 1. The minimum Gasteiger partial charge on any atom is -0.356 e. The van der Waals surface area contributed by atoms with Crippen LogP contribution in [0.25, 0.3) is 0 Å². The highest BCUT2D eigenvalue weighted by molar-refractivity contribution is 9.10. The maximum atomic E-state index is 5.93. The van der Waals surface area contributed by atoms with Gasteiger partial charge in [0.1, 0.15) is 5.82 Å². The topological polar surface area (TPSA) is 28.2 Å². The summed E-state index contributed by atoms with van der Waals surface area (Å²) in [4.78, 5) is 6.78. The fourth-order valence-corrected chi connectivity index (χ4v) is 3.36. The van der Waals surface area contributed by atoms with Crippen LogP contribution in [0.1, 0.15) is 26.2 Å². The molecular weight excluding hydrogens is 326 g/mol. The number of anilines is 1. The summed E-state index contributed by atoms with van der Waals surface area (Å²) >= 11 is 9.48. The molecular formula is C14H21BrClN3. The van der Waals surface area contributed by atoms with Crippen LogP contribution in [0.15, 0.2) is 16.7 Å². The predicted octanol–water partition coefficient (Wildman–Crippen LogP) is 3.71. The summed E-state index contributed by atoms with van der Waals surface area (Å²) in [6.45, 7) is 6.64. The van der Waals surface area contributed by atoms with Crippen LogP contribution >= 0.6 is 27.5 Å². The maximum Gasteiger partial charge on any atom is 0.142 e. The van der Waals surface area contributed by atoms with Crippen molar-refractivity contribution in [1.82, 2.24) is 10.3 Å². The number of hydrogen-bond acceptors (Lipinski definition) is 3. The zero-order valence-corrected chi connectivity index (χ0v) is 13.7. The lowest BCUT2D eigenvalue weighted by Crippen LogP contribution is -2.38. The van der Waals surface area contributed by atoms with Crippen molar-refractivity contribution in [3.05, 3.63) is 21.8 Å². The molecule has 0 unspecified atom stereocenters. The average Bonchev–Trinajstić information content (AvgIpc) is 2.40. The molecule has 2 heterocycles. The molecule has 0 saturated carbocycles. The molecule has 3 nitrogen and oxygen atoms in total. The SMILES string of the molecule is CCCNCC1CCN(c2ncc(Cl)cc2Br)CC1. The maximum absolute atomic E-state index is 5.93. The van der Waals surface area contributed by atoms with Crippen LogP contribution in [-0.2, 0) is 0 Å². The van der Waals surface area contributed by atoms with E-state index in [0.29, 0.717) is 5.02 Å². The Morgan fingerprint density at radius 2 is 2.21 bits per heavy atom. The van der Waals surface area contributed by atoms with Gasteiger partial charge in [-0.2, -0.15) is 0 Å². The summed E-state index contributed by atoms with van der Waals surface area (Å²) in [7, 11) is 0. The molecule has 1 aliphatic rings. The lowest BCUT2D eigenvalue weighted by molar-refractivity contribution is 0.382. The smallest absolute Gasteiger partial charge is 0.142 e. The molecule has 106 valence electrons. The van der Waals surface area contributed by atoms with Gasteiger partial charge >= 0.3 is 0 Å². The predicted molar refractivity (Wildman–Crippen MR) is 85.0 cm³/mol. The Hall–Kier alpha value is -0.320. The molecule has 5 heteroatoms. The first-order chi connectivity index (χ1) is 9.20. The third-order valence-electron chi connectivity index (χ3n) is 3.56. The van der Waals surface area contributed by atoms with E-state index in [0.717, 1.165) is 42.4 Å². The van der Waals surface area contributed by atoms with Crippen molar-refractivity contribution in [3.63, 3.8) is 0 Å². The number of piperidine rings is 1. The molecule has 1 saturated heterocycles. The lowest BCUT2D eigenvalue weighted by atomic mass is 9.97. The number of nitrogens with zero attached hydrogens (tertiary/aromatic N) is 2. The molecule has 0 aromatic carbocycles. The normalized spacial score (nSPS) is 16.9. The van der Waals surface area contributed by atoms with Crippen molar-refractivity contribution in [2.45, 2.75) is 26.2 Å². The summed E-state index contributed by atoms with van der Waals surface area (Å²) < 4.78 is 0.988. The number of nitrogens with one attached hydrogen (secondary N) is 1. The van der Waals surface area contributed by atoms with Crippen LogP contribution < -0.4 is 10.2 Å². The van der Waals surface area contributed by atoms with Crippen LogP contribution in [0, 0.1) is 5.92 Å². The fourth-order valence-electron chi connectivity index (χ4n) is 2.47. The Labute approximate surface area is 128 Å². The van der Waals surface area contributed by atoms with Crippen molar-refractivity contribution in [2.75, 3.05) is 31.1 Å². The summed E-state index contributed by atoms with van der Waals surface area (Å²) in [5.74, 6) is 1.82. The van der Waals surface area contributed by atoms with E-state index in [1.165, 1.54) is 19.3 Å².